The molecule has 31 heavy (non-hydrogen) atoms. The lowest BCUT2D eigenvalue weighted by Crippen LogP contribution is -2.20. The largest absolute Gasteiger partial charge is 0.481 e. The van der Waals surface area contributed by atoms with Crippen molar-refractivity contribution in [2.24, 2.45) is 7.05 Å². The van der Waals surface area contributed by atoms with Gasteiger partial charge in [0.05, 0.1) is 14.2 Å². The number of pyridine rings is 1. The van der Waals surface area contributed by atoms with Gasteiger partial charge in [-0.2, -0.15) is 10.1 Å². The number of hydrogen-bond acceptors (Lipinski definition) is 6. The molecule has 0 amide bonds. The number of nitrogens with zero attached hydrogens (tertiary/aromatic N) is 3. The fourth-order valence-electron chi connectivity index (χ4n) is 3.21. The Morgan fingerprint density at radius 3 is 2.29 bits per heavy atom. The Labute approximate surface area is 179 Å². The van der Waals surface area contributed by atoms with Gasteiger partial charge in [-0.3, -0.25) is 4.79 Å². The summed E-state index contributed by atoms with van der Waals surface area (Å²) in [7, 11) is 4.66. The lowest BCUT2D eigenvalue weighted by Gasteiger charge is -2.16. The van der Waals surface area contributed by atoms with Gasteiger partial charge in [-0.05, 0) is 30.3 Å². The Bertz CT molecular complexity index is 1270. The lowest BCUT2D eigenvalue weighted by atomic mass is 10.00. The van der Waals surface area contributed by atoms with E-state index in [9.17, 15) is 4.79 Å². The highest BCUT2D eigenvalue weighted by Gasteiger charge is 2.20. The zero-order valence-electron chi connectivity index (χ0n) is 17.4. The number of ether oxygens (including phenoxy) is 3. The van der Waals surface area contributed by atoms with E-state index in [1.165, 1.54) is 25.0 Å². The number of aryl methyl sites for hydroxylation is 1. The molecule has 7 nitrogen and oxygen atoms in total. The summed E-state index contributed by atoms with van der Waals surface area (Å²) in [4.78, 5) is 16.8. The molecular formula is C24H21N3O4. The number of aromatic nitrogens is 3. The van der Waals surface area contributed by atoms with Crippen LogP contribution in [0.25, 0.3) is 22.4 Å². The van der Waals surface area contributed by atoms with Gasteiger partial charge >= 0.3 is 0 Å². The van der Waals surface area contributed by atoms with Gasteiger partial charge in [0.2, 0.25) is 11.8 Å². The first-order chi connectivity index (χ1) is 15.1. The zero-order chi connectivity index (χ0) is 21.8. The first kappa shape index (κ1) is 20.2. The fourth-order valence-corrected chi connectivity index (χ4v) is 3.21. The zero-order valence-corrected chi connectivity index (χ0v) is 17.4. The van der Waals surface area contributed by atoms with Crippen LogP contribution in [0.3, 0.4) is 0 Å². The van der Waals surface area contributed by atoms with E-state index in [-0.39, 0.29) is 5.56 Å². The molecule has 4 aromatic rings. The van der Waals surface area contributed by atoms with Gasteiger partial charge in [-0.15, -0.1) is 0 Å². The predicted molar refractivity (Wildman–Crippen MR) is 118 cm³/mol. The van der Waals surface area contributed by atoms with Gasteiger partial charge in [0.1, 0.15) is 17.2 Å². The quantitative estimate of drug-likeness (QED) is 0.467. The maximum Gasteiger partial charge on any atom is 0.267 e. The van der Waals surface area contributed by atoms with Crippen LogP contribution in [0.15, 0.2) is 77.6 Å². The van der Waals surface area contributed by atoms with Gasteiger partial charge in [-0.25, -0.2) is 4.68 Å². The highest BCUT2D eigenvalue weighted by Crippen LogP contribution is 2.39. The number of methoxy groups -OCH3 is 2. The highest BCUT2D eigenvalue weighted by atomic mass is 16.5. The van der Waals surface area contributed by atoms with Crippen LogP contribution < -0.4 is 19.8 Å². The van der Waals surface area contributed by atoms with Crippen molar-refractivity contribution >= 4 is 0 Å². The Hall–Kier alpha value is -4.13. The second-order valence-electron chi connectivity index (χ2n) is 6.69. The third-order valence-corrected chi connectivity index (χ3v) is 4.73. The first-order valence-corrected chi connectivity index (χ1v) is 9.60. The third kappa shape index (κ3) is 4.11. The smallest absolute Gasteiger partial charge is 0.267 e. The maximum absolute atomic E-state index is 12.5. The second-order valence-corrected chi connectivity index (χ2v) is 6.69. The second kappa shape index (κ2) is 8.71. The van der Waals surface area contributed by atoms with E-state index in [2.05, 4.69) is 10.1 Å². The van der Waals surface area contributed by atoms with Crippen molar-refractivity contribution in [2.45, 2.75) is 0 Å². The summed E-state index contributed by atoms with van der Waals surface area (Å²) in [6.07, 6.45) is 0. The van der Waals surface area contributed by atoms with E-state index in [0.717, 1.165) is 5.56 Å². The molecule has 0 fully saturated rings. The highest BCUT2D eigenvalue weighted by molar-refractivity contribution is 5.85. The Balaban J connectivity index is 1.92. The Morgan fingerprint density at radius 2 is 1.55 bits per heavy atom. The minimum Gasteiger partial charge on any atom is -0.481 e. The van der Waals surface area contributed by atoms with E-state index in [0.29, 0.717) is 40.1 Å². The summed E-state index contributed by atoms with van der Waals surface area (Å²) in [6.45, 7) is 0. The van der Waals surface area contributed by atoms with E-state index < -0.39 is 0 Å². The maximum atomic E-state index is 12.5. The average Bonchev–Trinajstić information content (AvgIpc) is 2.81. The summed E-state index contributed by atoms with van der Waals surface area (Å²) in [5, 5.41) is 4.55. The summed E-state index contributed by atoms with van der Waals surface area (Å²) in [5.74, 6) is 2.05. The van der Waals surface area contributed by atoms with Crippen molar-refractivity contribution in [1.29, 1.82) is 0 Å². The monoisotopic (exact) mass is 415 g/mol. The van der Waals surface area contributed by atoms with Crippen LogP contribution in [0.4, 0.5) is 0 Å². The molecular weight excluding hydrogens is 394 g/mol. The molecule has 0 radical (unpaired) electrons. The van der Waals surface area contributed by atoms with E-state index in [4.69, 9.17) is 14.2 Å². The van der Waals surface area contributed by atoms with Crippen molar-refractivity contribution in [3.8, 4) is 45.6 Å². The molecule has 0 N–H and O–H groups in total. The van der Waals surface area contributed by atoms with Crippen LogP contribution in [-0.4, -0.2) is 29.0 Å². The molecule has 0 saturated carbocycles. The van der Waals surface area contributed by atoms with Crippen molar-refractivity contribution < 1.29 is 14.2 Å². The molecule has 2 aromatic heterocycles. The van der Waals surface area contributed by atoms with Gasteiger partial charge in [0.15, 0.2) is 0 Å². The Morgan fingerprint density at radius 1 is 0.806 bits per heavy atom. The summed E-state index contributed by atoms with van der Waals surface area (Å²) in [5.41, 5.74) is 2.25. The van der Waals surface area contributed by atoms with Crippen molar-refractivity contribution in [1.82, 2.24) is 14.8 Å². The van der Waals surface area contributed by atoms with Gasteiger partial charge in [-0.1, -0.05) is 30.3 Å². The average molecular weight is 415 g/mol. The minimum atomic E-state index is -0.252. The van der Waals surface area contributed by atoms with Crippen molar-refractivity contribution in [3.63, 3.8) is 0 Å². The van der Waals surface area contributed by atoms with Crippen molar-refractivity contribution in [3.05, 3.63) is 83.2 Å². The molecule has 0 spiro atoms. The molecule has 156 valence electrons. The topological polar surface area (TPSA) is 75.5 Å². The Kier molecular flexibility index (Phi) is 5.66. The van der Waals surface area contributed by atoms with Crippen LogP contribution in [0.2, 0.25) is 0 Å². The number of benzene rings is 2. The fraction of sp³-hybridized carbons (Fsp3) is 0.125. The van der Waals surface area contributed by atoms with Crippen LogP contribution in [0.1, 0.15) is 0 Å². The standard InChI is InChI=1S/C24H21N3O4/c1-27-22(28)15-19(17-13-14-21(29-2)25-24(17)30-3)23(26-27)18-11-7-8-12-20(18)31-16-9-5-4-6-10-16/h4-15H,1-3H3. The molecule has 0 aliphatic carbocycles. The van der Waals surface area contributed by atoms with E-state index in [1.54, 1.807) is 19.2 Å². The van der Waals surface area contributed by atoms with Gasteiger partial charge in [0, 0.05) is 35.9 Å². The molecule has 0 aliphatic rings. The molecule has 2 aromatic carbocycles. The van der Waals surface area contributed by atoms with Crippen LogP contribution >= 0.6 is 0 Å². The lowest BCUT2D eigenvalue weighted by molar-refractivity contribution is 0.366. The van der Waals surface area contributed by atoms with E-state index in [1.807, 2.05) is 54.6 Å². The van der Waals surface area contributed by atoms with Gasteiger partial charge in [0.25, 0.3) is 5.56 Å². The number of hydrogen-bond donors (Lipinski definition) is 0. The molecule has 0 unspecified atom stereocenters. The number of para-hydroxylation sites is 2. The van der Waals surface area contributed by atoms with E-state index >= 15 is 0 Å². The van der Waals surface area contributed by atoms with Crippen molar-refractivity contribution in [2.75, 3.05) is 14.2 Å². The molecule has 0 aliphatic heterocycles. The summed E-state index contributed by atoms with van der Waals surface area (Å²) >= 11 is 0. The molecule has 4 rings (SSSR count). The van der Waals surface area contributed by atoms with Gasteiger partial charge < -0.3 is 14.2 Å². The van der Waals surface area contributed by atoms with Crippen LogP contribution in [0, 0.1) is 0 Å². The summed E-state index contributed by atoms with van der Waals surface area (Å²) < 4.78 is 18.1. The SMILES string of the molecule is COc1ccc(-c2cc(=O)n(C)nc2-c2ccccc2Oc2ccccc2)c(OC)n1. The molecule has 0 atom stereocenters. The minimum absolute atomic E-state index is 0.252. The summed E-state index contributed by atoms with van der Waals surface area (Å²) in [6, 6.07) is 22.1. The molecule has 0 bridgehead atoms. The molecule has 2 heterocycles. The molecule has 7 heteroatoms. The first-order valence-electron chi connectivity index (χ1n) is 9.60. The molecule has 0 saturated heterocycles. The van der Waals surface area contributed by atoms with Crippen LogP contribution in [-0.2, 0) is 7.05 Å². The number of rotatable bonds is 6. The predicted octanol–water partition coefficient (Wildman–Crippen LogP) is 4.32. The third-order valence-electron chi connectivity index (χ3n) is 4.73. The van der Waals surface area contributed by atoms with Crippen LogP contribution in [0.5, 0.6) is 23.3 Å². The normalized spacial score (nSPS) is 10.5.